The van der Waals surface area contributed by atoms with Gasteiger partial charge in [-0.1, -0.05) is 13.8 Å². The highest BCUT2D eigenvalue weighted by atomic mass is 16.4. The molecule has 0 bridgehead atoms. The molecule has 1 aromatic rings. The van der Waals surface area contributed by atoms with Gasteiger partial charge in [0.2, 0.25) is 11.8 Å². The van der Waals surface area contributed by atoms with E-state index in [1.54, 1.807) is 20.0 Å². The third-order valence-corrected chi connectivity index (χ3v) is 4.14. The third-order valence-electron chi connectivity index (χ3n) is 4.14. The molecule has 3 atom stereocenters. The number of nitrogens with zero attached hydrogens (tertiary/aromatic N) is 2. The van der Waals surface area contributed by atoms with Crippen LogP contribution in [0.25, 0.3) is 0 Å². The smallest absolute Gasteiger partial charge is 0.326 e. The molecule has 0 spiro atoms. The van der Waals surface area contributed by atoms with Crippen LogP contribution in [-0.2, 0) is 20.8 Å². The zero-order valence-electron chi connectivity index (χ0n) is 16.6. The van der Waals surface area contributed by atoms with Crippen LogP contribution in [0.3, 0.4) is 0 Å². The lowest BCUT2D eigenvalue weighted by atomic mass is 10.0. The van der Waals surface area contributed by atoms with Crippen LogP contribution in [0.5, 0.6) is 0 Å². The highest BCUT2D eigenvalue weighted by molar-refractivity contribution is 5.91. The van der Waals surface area contributed by atoms with Crippen molar-refractivity contribution in [2.24, 2.45) is 28.1 Å². The number of guanidine groups is 1. The number of aliphatic carboxylic acids is 1. The second-order valence-corrected chi connectivity index (χ2v) is 6.97. The van der Waals surface area contributed by atoms with Gasteiger partial charge >= 0.3 is 5.97 Å². The Morgan fingerprint density at radius 1 is 1.24 bits per heavy atom. The van der Waals surface area contributed by atoms with Gasteiger partial charge in [-0.3, -0.25) is 14.6 Å². The Bertz CT molecular complexity index is 700. The Labute approximate surface area is 168 Å². The highest BCUT2D eigenvalue weighted by Gasteiger charge is 2.29. The minimum absolute atomic E-state index is 0.0811. The number of carbonyl (C=O) groups excluding carboxylic acids is 2. The second kappa shape index (κ2) is 11.6. The standard InChI is InChI=1S/C17H30N8O4/c1-9(2)13(16(28)29)25-15(27)12(4-3-5-22-17(19)20)24-14(26)11(18)6-10-7-21-8-23-10/h7-9,11-13H,3-6,18H2,1-2H3,(H,21,23)(H,24,26)(H,25,27)(H,28,29)(H4,19,20,22). The fourth-order valence-electron chi connectivity index (χ4n) is 2.54. The molecular formula is C17H30N8O4. The maximum absolute atomic E-state index is 12.6. The lowest BCUT2D eigenvalue weighted by Crippen LogP contribution is -2.55. The molecule has 0 saturated carbocycles. The number of amides is 2. The van der Waals surface area contributed by atoms with E-state index in [0.717, 1.165) is 0 Å². The molecule has 0 radical (unpaired) electrons. The largest absolute Gasteiger partial charge is 0.480 e. The van der Waals surface area contributed by atoms with Crippen molar-refractivity contribution in [3.63, 3.8) is 0 Å². The van der Waals surface area contributed by atoms with Gasteiger partial charge in [0.15, 0.2) is 5.96 Å². The normalized spacial score (nSPS) is 13.9. The van der Waals surface area contributed by atoms with Crippen molar-refractivity contribution in [1.29, 1.82) is 0 Å². The summed E-state index contributed by atoms with van der Waals surface area (Å²) in [4.78, 5) is 47.0. The molecule has 0 fully saturated rings. The lowest BCUT2D eigenvalue weighted by molar-refractivity contribution is -0.143. The lowest BCUT2D eigenvalue weighted by Gasteiger charge is -2.24. The van der Waals surface area contributed by atoms with Crippen LogP contribution >= 0.6 is 0 Å². The summed E-state index contributed by atoms with van der Waals surface area (Å²) in [6.07, 6.45) is 3.82. The van der Waals surface area contributed by atoms with E-state index in [2.05, 4.69) is 25.6 Å². The fraction of sp³-hybridized carbons (Fsp3) is 0.588. The zero-order chi connectivity index (χ0) is 22.0. The number of H-pyrrole nitrogens is 1. The summed E-state index contributed by atoms with van der Waals surface area (Å²) < 4.78 is 0. The predicted octanol–water partition coefficient (Wildman–Crippen LogP) is -1.96. The maximum Gasteiger partial charge on any atom is 0.326 e. The van der Waals surface area contributed by atoms with Crippen molar-refractivity contribution in [1.82, 2.24) is 20.6 Å². The molecule has 1 heterocycles. The van der Waals surface area contributed by atoms with Gasteiger partial charge in [0.1, 0.15) is 12.1 Å². The van der Waals surface area contributed by atoms with E-state index < -0.39 is 35.9 Å². The highest BCUT2D eigenvalue weighted by Crippen LogP contribution is 2.06. The zero-order valence-corrected chi connectivity index (χ0v) is 16.6. The minimum Gasteiger partial charge on any atom is -0.480 e. The number of nitrogens with two attached hydrogens (primary N) is 3. The van der Waals surface area contributed by atoms with Gasteiger partial charge in [0.25, 0.3) is 0 Å². The molecule has 0 aliphatic rings. The third kappa shape index (κ3) is 8.60. The summed E-state index contributed by atoms with van der Waals surface area (Å²) in [5, 5.41) is 14.3. The SMILES string of the molecule is CC(C)C(NC(=O)C(CCCN=C(N)N)NC(=O)C(N)Cc1cnc[nH]1)C(=O)O. The Balaban J connectivity index is 2.79. The summed E-state index contributed by atoms with van der Waals surface area (Å²) in [5.41, 5.74) is 17.1. The van der Waals surface area contributed by atoms with Crippen molar-refractivity contribution in [2.45, 2.75) is 51.2 Å². The average Bonchev–Trinajstić information content (AvgIpc) is 3.13. The molecule has 2 amide bonds. The predicted molar refractivity (Wildman–Crippen MR) is 107 cm³/mol. The maximum atomic E-state index is 12.6. The van der Waals surface area contributed by atoms with Crippen molar-refractivity contribution in [3.8, 4) is 0 Å². The minimum atomic E-state index is -1.16. The quantitative estimate of drug-likeness (QED) is 0.116. The van der Waals surface area contributed by atoms with Gasteiger partial charge in [0.05, 0.1) is 12.4 Å². The number of hydrogen-bond acceptors (Lipinski definition) is 6. The molecule has 1 rings (SSSR count). The van der Waals surface area contributed by atoms with E-state index in [4.69, 9.17) is 17.2 Å². The first kappa shape index (κ1) is 23.9. The van der Waals surface area contributed by atoms with Crippen LogP contribution in [0, 0.1) is 5.92 Å². The molecule has 10 N–H and O–H groups in total. The summed E-state index contributed by atoms with van der Waals surface area (Å²) in [7, 11) is 0. The molecule has 0 aromatic carbocycles. The van der Waals surface area contributed by atoms with Gasteiger partial charge < -0.3 is 37.9 Å². The van der Waals surface area contributed by atoms with Crippen molar-refractivity contribution in [3.05, 3.63) is 18.2 Å². The Morgan fingerprint density at radius 3 is 2.45 bits per heavy atom. The van der Waals surface area contributed by atoms with E-state index in [-0.39, 0.29) is 31.3 Å². The summed E-state index contributed by atoms with van der Waals surface area (Å²) in [5.74, 6) is -2.73. The van der Waals surface area contributed by atoms with Crippen LogP contribution in [0.15, 0.2) is 17.5 Å². The van der Waals surface area contributed by atoms with Crippen molar-refractivity contribution >= 4 is 23.7 Å². The van der Waals surface area contributed by atoms with Crippen molar-refractivity contribution < 1.29 is 19.5 Å². The van der Waals surface area contributed by atoms with Gasteiger partial charge in [-0.25, -0.2) is 9.78 Å². The van der Waals surface area contributed by atoms with Crippen LogP contribution in [0.1, 0.15) is 32.4 Å². The molecule has 162 valence electrons. The van der Waals surface area contributed by atoms with Gasteiger partial charge in [0, 0.05) is 24.9 Å². The molecule has 3 unspecified atom stereocenters. The molecule has 0 aliphatic heterocycles. The summed E-state index contributed by atoms with van der Waals surface area (Å²) in [6, 6.07) is -2.98. The van der Waals surface area contributed by atoms with E-state index in [9.17, 15) is 19.5 Å². The number of nitrogens with one attached hydrogen (secondary N) is 3. The number of carbonyl (C=O) groups is 3. The molecule has 12 nitrogen and oxygen atoms in total. The molecular weight excluding hydrogens is 380 g/mol. The monoisotopic (exact) mass is 410 g/mol. The summed E-state index contributed by atoms with van der Waals surface area (Å²) in [6.45, 7) is 3.60. The van der Waals surface area contributed by atoms with Crippen LogP contribution in [0.4, 0.5) is 0 Å². The van der Waals surface area contributed by atoms with Gasteiger partial charge in [-0.2, -0.15) is 0 Å². The number of imidazole rings is 1. The van der Waals surface area contributed by atoms with Crippen LogP contribution in [0.2, 0.25) is 0 Å². The van der Waals surface area contributed by atoms with Crippen LogP contribution < -0.4 is 27.8 Å². The number of carboxylic acids is 1. The molecule has 1 aromatic heterocycles. The molecule has 12 heteroatoms. The number of aromatic amines is 1. The molecule has 29 heavy (non-hydrogen) atoms. The summed E-state index contributed by atoms with van der Waals surface area (Å²) >= 11 is 0. The number of hydrogen-bond donors (Lipinski definition) is 7. The number of carboxylic acid groups (broad SMARTS) is 1. The van der Waals surface area contributed by atoms with Gasteiger partial charge in [-0.15, -0.1) is 0 Å². The Morgan fingerprint density at radius 2 is 1.93 bits per heavy atom. The van der Waals surface area contributed by atoms with E-state index in [1.165, 1.54) is 6.33 Å². The number of aromatic nitrogens is 2. The number of aliphatic imine (C=N–C) groups is 1. The first-order valence-corrected chi connectivity index (χ1v) is 9.23. The fourth-order valence-corrected chi connectivity index (χ4v) is 2.54. The van der Waals surface area contributed by atoms with E-state index >= 15 is 0 Å². The number of rotatable bonds is 12. The van der Waals surface area contributed by atoms with E-state index in [1.807, 2.05) is 0 Å². The Hall–Kier alpha value is -3.15. The molecule has 0 aliphatic carbocycles. The second-order valence-electron chi connectivity index (χ2n) is 6.97. The first-order valence-electron chi connectivity index (χ1n) is 9.23. The van der Waals surface area contributed by atoms with Gasteiger partial charge in [-0.05, 0) is 18.8 Å². The van der Waals surface area contributed by atoms with Crippen LogP contribution in [-0.4, -0.2) is 63.5 Å². The first-order chi connectivity index (χ1) is 13.6. The van der Waals surface area contributed by atoms with E-state index in [0.29, 0.717) is 12.1 Å². The van der Waals surface area contributed by atoms with Crippen molar-refractivity contribution in [2.75, 3.05) is 6.54 Å². The molecule has 0 saturated heterocycles. The Kier molecular flexibility index (Phi) is 9.59. The average molecular weight is 410 g/mol. The topological polar surface area (TPSA) is 215 Å².